The van der Waals surface area contributed by atoms with E-state index in [1.54, 1.807) is 11.3 Å². The average Bonchev–Trinajstić information content (AvgIpc) is 2.51. The number of hydrogen-bond donors (Lipinski definition) is 2. The third-order valence-corrected chi connectivity index (χ3v) is 3.54. The minimum Gasteiger partial charge on any atom is -0.348 e. The molecule has 14 heavy (non-hydrogen) atoms. The first-order valence-electron chi connectivity index (χ1n) is 4.82. The van der Waals surface area contributed by atoms with Crippen LogP contribution in [0, 0.1) is 5.92 Å². The molecule has 0 aromatic carbocycles. The van der Waals surface area contributed by atoms with E-state index in [2.05, 4.69) is 16.7 Å². The summed E-state index contributed by atoms with van der Waals surface area (Å²) in [5, 5.41) is 8.14. The van der Waals surface area contributed by atoms with Gasteiger partial charge in [0, 0.05) is 18.0 Å². The predicted octanol–water partition coefficient (Wildman–Crippen LogP) is 1.14. The number of carbonyl (C=O) groups is 1. The summed E-state index contributed by atoms with van der Waals surface area (Å²) >= 11 is 1.68. The fourth-order valence-corrected chi connectivity index (χ4v) is 2.15. The Hall–Kier alpha value is -0.870. The zero-order chi connectivity index (χ0) is 9.97. The molecule has 1 saturated heterocycles. The first-order chi connectivity index (χ1) is 6.77. The van der Waals surface area contributed by atoms with Crippen LogP contribution in [0.5, 0.6) is 0 Å². The van der Waals surface area contributed by atoms with Gasteiger partial charge < -0.3 is 10.6 Å². The molecule has 1 amide bonds. The van der Waals surface area contributed by atoms with E-state index in [0.717, 1.165) is 13.1 Å². The highest BCUT2D eigenvalue weighted by Crippen LogP contribution is 2.18. The van der Waals surface area contributed by atoms with E-state index >= 15 is 0 Å². The van der Waals surface area contributed by atoms with Crippen molar-refractivity contribution in [3.8, 4) is 0 Å². The molecular weight excluding hydrogens is 196 g/mol. The fourth-order valence-electron chi connectivity index (χ4n) is 1.41. The van der Waals surface area contributed by atoms with Crippen molar-refractivity contribution >= 4 is 17.2 Å². The highest BCUT2D eigenvalue weighted by Gasteiger charge is 2.25. The minimum atomic E-state index is 0.142. The van der Waals surface area contributed by atoms with Crippen LogP contribution in [0.1, 0.15) is 17.8 Å². The summed E-state index contributed by atoms with van der Waals surface area (Å²) in [6.45, 7) is 3.67. The monoisotopic (exact) mass is 210 g/mol. The van der Waals surface area contributed by atoms with Gasteiger partial charge in [-0.15, -0.1) is 11.3 Å². The normalized spacial score (nSPS) is 18.6. The number of nitrogens with one attached hydrogen (secondary N) is 2. The number of hydrogen-bond acceptors (Lipinski definition) is 3. The van der Waals surface area contributed by atoms with Gasteiger partial charge in [0.25, 0.3) is 0 Å². The Morgan fingerprint density at radius 2 is 2.50 bits per heavy atom. The van der Waals surface area contributed by atoms with E-state index in [4.69, 9.17) is 0 Å². The third-order valence-electron chi connectivity index (χ3n) is 2.48. The summed E-state index contributed by atoms with van der Waals surface area (Å²) in [5.74, 6) is 0.349. The lowest BCUT2D eigenvalue weighted by Gasteiger charge is -2.27. The molecule has 1 aromatic heterocycles. The molecule has 1 aromatic rings. The van der Waals surface area contributed by atoms with Crippen molar-refractivity contribution in [1.29, 1.82) is 0 Å². The average molecular weight is 210 g/mol. The highest BCUT2D eigenvalue weighted by atomic mass is 32.1. The highest BCUT2D eigenvalue weighted by molar-refractivity contribution is 7.10. The van der Waals surface area contributed by atoms with Crippen molar-refractivity contribution in [1.82, 2.24) is 10.6 Å². The zero-order valence-corrected chi connectivity index (χ0v) is 8.93. The molecule has 76 valence electrons. The van der Waals surface area contributed by atoms with Gasteiger partial charge in [-0.3, -0.25) is 4.79 Å². The number of amides is 1. The molecule has 0 aliphatic carbocycles. The molecule has 1 unspecified atom stereocenters. The van der Waals surface area contributed by atoms with E-state index in [9.17, 15) is 4.79 Å². The quantitative estimate of drug-likeness (QED) is 0.785. The fraction of sp³-hybridized carbons (Fsp3) is 0.500. The molecule has 0 radical (unpaired) electrons. The van der Waals surface area contributed by atoms with Crippen molar-refractivity contribution in [2.45, 2.75) is 13.0 Å². The second-order valence-electron chi connectivity index (χ2n) is 3.60. The van der Waals surface area contributed by atoms with Crippen LogP contribution in [0.3, 0.4) is 0 Å². The zero-order valence-electron chi connectivity index (χ0n) is 8.12. The predicted molar refractivity (Wildman–Crippen MR) is 57.2 cm³/mol. The molecule has 0 saturated carbocycles. The smallest absolute Gasteiger partial charge is 0.226 e. The standard InChI is InChI=1S/C10H14N2OS/c1-7(9-3-2-4-14-9)12-10(13)8-5-11-6-8/h2-4,7-8,11H,5-6H2,1H3,(H,12,13). The van der Waals surface area contributed by atoms with Crippen LogP contribution in [-0.2, 0) is 4.79 Å². The van der Waals surface area contributed by atoms with Crippen molar-refractivity contribution in [3.63, 3.8) is 0 Å². The summed E-state index contributed by atoms with van der Waals surface area (Å²) in [5.41, 5.74) is 0. The lowest BCUT2D eigenvalue weighted by molar-refractivity contribution is -0.127. The molecular formula is C10H14N2OS. The molecule has 3 nitrogen and oxygen atoms in total. The lowest BCUT2D eigenvalue weighted by atomic mass is 10.0. The summed E-state index contributed by atoms with van der Waals surface area (Å²) in [7, 11) is 0. The molecule has 4 heteroatoms. The molecule has 0 spiro atoms. The van der Waals surface area contributed by atoms with Gasteiger partial charge in [-0.25, -0.2) is 0 Å². The largest absolute Gasteiger partial charge is 0.348 e. The van der Waals surface area contributed by atoms with Crippen LogP contribution < -0.4 is 10.6 Å². The van der Waals surface area contributed by atoms with Crippen LogP contribution in [0.4, 0.5) is 0 Å². The summed E-state index contributed by atoms with van der Waals surface area (Å²) in [4.78, 5) is 12.8. The third kappa shape index (κ3) is 1.96. The first-order valence-corrected chi connectivity index (χ1v) is 5.70. The minimum absolute atomic E-state index is 0.142. The summed E-state index contributed by atoms with van der Waals surface area (Å²) < 4.78 is 0. The Morgan fingerprint density at radius 3 is 3.00 bits per heavy atom. The maximum Gasteiger partial charge on any atom is 0.226 e. The van der Waals surface area contributed by atoms with E-state index in [1.807, 2.05) is 18.4 Å². The van der Waals surface area contributed by atoms with E-state index < -0.39 is 0 Å². The molecule has 2 N–H and O–H groups in total. The molecule has 1 aliphatic heterocycles. The summed E-state index contributed by atoms with van der Waals surface area (Å²) in [6.07, 6.45) is 0. The summed E-state index contributed by atoms with van der Waals surface area (Å²) in [6, 6.07) is 4.20. The number of thiophene rings is 1. The Balaban J connectivity index is 1.87. The van der Waals surface area contributed by atoms with Gasteiger partial charge >= 0.3 is 0 Å². The van der Waals surface area contributed by atoms with Gasteiger partial charge in [-0.2, -0.15) is 0 Å². The maximum atomic E-state index is 11.6. The van der Waals surface area contributed by atoms with Crippen LogP contribution in [0.2, 0.25) is 0 Å². The van der Waals surface area contributed by atoms with Gasteiger partial charge in [0.05, 0.1) is 12.0 Å². The molecule has 1 fully saturated rings. The molecule has 0 bridgehead atoms. The van der Waals surface area contributed by atoms with Crippen molar-refractivity contribution < 1.29 is 4.79 Å². The lowest BCUT2D eigenvalue weighted by Crippen LogP contribution is -2.51. The van der Waals surface area contributed by atoms with Gasteiger partial charge in [0.2, 0.25) is 5.91 Å². The molecule has 1 aliphatic rings. The van der Waals surface area contributed by atoms with Gasteiger partial charge in [-0.1, -0.05) is 6.07 Å². The molecule has 1 atom stereocenters. The van der Waals surface area contributed by atoms with Crippen LogP contribution in [-0.4, -0.2) is 19.0 Å². The van der Waals surface area contributed by atoms with Crippen LogP contribution >= 0.6 is 11.3 Å². The first kappa shape index (κ1) is 9.68. The molecule has 2 rings (SSSR count). The van der Waals surface area contributed by atoms with Gasteiger partial charge in [0.15, 0.2) is 0 Å². The Kier molecular flexibility index (Phi) is 2.84. The molecule has 2 heterocycles. The van der Waals surface area contributed by atoms with Gasteiger partial charge in [-0.05, 0) is 18.4 Å². The Labute approximate surface area is 87.5 Å². The van der Waals surface area contributed by atoms with E-state index in [1.165, 1.54) is 4.88 Å². The van der Waals surface area contributed by atoms with Gasteiger partial charge in [0.1, 0.15) is 0 Å². The van der Waals surface area contributed by atoms with E-state index in [0.29, 0.717) is 0 Å². The van der Waals surface area contributed by atoms with Crippen molar-refractivity contribution in [3.05, 3.63) is 22.4 Å². The topological polar surface area (TPSA) is 41.1 Å². The SMILES string of the molecule is CC(NC(=O)C1CNC1)c1cccs1. The van der Waals surface area contributed by atoms with E-state index in [-0.39, 0.29) is 17.9 Å². The number of rotatable bonds is 3. The van der Waals surface area contributed by atoms with Crippen LogP contribution in [0.25, 0.3) is 0 Å². The Bertz CT molecular complexity index is 306. The van der Waals surface area contributed by atoms with Crippen LogP contribution in [0.15, 0.2) is 17.5 Å². The Morgan fingerprint density at radius 1 is 1.71 bits per heavy atom. The second-order valence-corrected chi connectivity index (χ2v) is 4.58. The maximum absolute atomic E-state index is 11.6. The number of carbonyl (C=O) groups excluding carboxylic acids is 1. The second kappa shape index (κ2) is 4.11. The van der Waals surface area contributed by atoms with Crippen molar-refractivity contribution in [2.75, 3.05) is 13.1 Å². The van der Waals surface area contributed by atoms with Crippen molar-refractivity contribution in [2.24, 2.45) is 5.92 Å².